The van der Waals surface area contributed by atoms with Crippen LogP contribution in [0.4, 0.5) is 0 Å². The molecule has 1 unspecified atom stereocenters. The van der Waals surface area contributed by atoms with Crippen LogP contribution in [0.1, 0.15) is 60.5 Å². The molecular formula is C31H32ClN3O3. The number of aromatic nitrogens is 2. The summed E-state index contributed by atoms with van der Waals surface area (Å²) in [4.78, 5) is 18.2. The number of carbonyl (C=O) groups is 1. The van der Waals surface area contributed by atoms with Crippen molar-refractivity contribution in [1.82, 2.24) is 9.55 Å². The zero-order chi connectivity index (χ0) is 27.8. The highest BCUT2D eigenvalue weighted by atomic mass is 35.5. The molecule has 0 aliphatic rings. The van der Waals surface area contributed by atoms with Gasteiger partial charge in [0, 0.05) is 32.9 Å². The predicted octanol–water partition coefficient (Wildman–Crippen LogP) is 7.23. The number of nitrogens with zero attached hydrogens (tertiary/aromatic N) is 3. The third-order valence-corrected chi connectivity index (χ3v) is 6.98. The molecule has 2 aromatic carbocycles. The summed E-state index contributed by atoms with van der Waals surface area (Å²) in [5.74, 6) is -0.490. The van der Waals surface area contributed by atoms with Gasteiger partial charge in [0.1, 0.15) is 5.65 Å². The van der Waals surface area contributed by atoms with Gasteiger partial charge in [-0.05, 0) is 76.4 Å². The molecule has 0 saturated carbocycles. The van der Waals surface area contributed by atoms with Crippen molar-refractivity contribution >= 4 is 28.6 Å². The Morgan fingerprint density at radius 3 is 2.37 bits per heavy atom. The number of benzene rings is 2. The van der Waals surface area contributed by atoms with Crippen LogP contribution < -0.4 is 0 Å². The van der Waals surface area contributed by atoms with E-state index in [1.54, 1.807) is 0 Å². The molecular weight excluding hydrogens is 498 g/mol. The number of fused-ring (bicyclic) bond motifs is 1. The lowest BCUT2D eigenvalue weighted by Crippen LogP contribution is -2.29. The number of esters is 1. The molecule has 0 radical (unpaired) electrons. The zero-order valence-electron chi connectivity index (χ0n) is 22.8. The summed E-state index contributed by atoms with van der Waals surface area (Å²) in [5.41, 5.74) is 6.84. The van der Waals surface area contributed by atoms with Crippen LogP contribution in [0.2, 0.25) is 5.02 Å². The minimum Gasteiger partial charge on any atom is -0.467 e. The maximum absolute atomic E-state index is 13.2. The van der Waals surface area contributed by atoms with Crippen LogP contribution in [0.25, 0.3) is 22.2 Å². The number of ether oxygens (including phenoxy) is 2. The monoisotopic (exact) mass is 529 g/mol. The number of halogens is 1. The molecule has 6 nitrogen and oxygen atoms in total. The van der Waals surface area contributed by atoms with E-state index in [1.165, 1.54) is 7.11 Å². The second kappa shape index (κ2) is 10.6. The summed E-state index contributed by atoms with van der Waals surface area (Å²) in [6, 6.07) is 17.4. The molecule has 0 aliphatic heterocycles. The Morgan fingerprint density at radius 1 is 1.11 bits per heavy atom. The first-order chi connectivity index (χ1) is 18.0. The Hall–Kier alpha value is -3.66. The number of rotatable bonds is 6. The van der Waals surface area contributed by atoms with E-state index in [4.69, 9.17) is 26.1 Å². The number of methoxy groups -OCH3 is 1. The lowest BCUT2D eigenvalue weighted by Gasteiger charge is -2.29. The van der Waals surface area contributed by atoms with Gasteiger partial charge in [0.25, 0.3) is 0 Å². The minimum atomic E-state index is -0.982. The van der Waals surface area contributed by atoms with Gasteiger partial charge in [-0.2, -0.15) is 5.26 Å². The first-order valence-electron chi connectivity index (χ1n) is 12.5. The fraction of sp³-hybridized carbons (Fsp3) is 0.323. The maximum Gasteiger partial charge on any atom is 0.339 e. The quantitative estimate of drug-likeness (QED) is 0.246. The first-order valence-corrected chi connectivity index (χ1v) is 12.8. The van der Waals surface area contributed by atoms with Gasteiger partial charge in [0.2, 0.25) is 0 Å². The zero-order valence-corrected chi connectivity index (χ0v) is 23.6. The molecule has 0 fully saturated rings. The SMILES string of the molecule is COC(=O)C(OC(C)(C)C)c1c(C)nc2c(c(C)c(C)n2Cc2ccccc2C#N)c1-c1ccc(Cl)cc1. The van der Waals surface area contributed by atoms with Gasteiger partial charge < -0.3 is 14.0 Å². The van der Waals surface area contributed by atoms with E-state index in [-0.39, 0.29) is 0 Å². The lowest BCUT2D eigenvalue weighted by atomic mass is 9.91. The number of hydrogen-bond acceptors (Lipinski definition) is 5. The average molecular weight is 530 g/mol. The Kier molecular flexibility index (Phi) is 7.64. The highest BCUT2D eigenvalue weighted by Gasteiger charge is 2.34. The molecule has 2 aromatic heterocycles. The molecule has 196 valence electrons. The summed E-state index contributed by atoms with van der Waals surface area (Å²) in [5, 5.41) is 11.2. The second-order valence-electron chi connectivity index (χ2n) is 10.4. The number of carbonyl (C=O) groups excluding carboxylic acids is 1. The van der Waals surface area contributed by atoms with Crippen LogP contribution in [0.3, 0.4) is 0 Å². The van der Waals surface area contributed by atoms with Crippen molar-refractivity contribution in [3.8, 4) is 17.2 Å². The average Bonchev–Trinajstić information content (AvgIpc) is 3.10. The van der Waals surface area contributed by atoms with Gasteiger partial charge in [-0.3, -0.25) is 0 Å². The molecule has 0 amide bonds. The van der Waals surface area contributed by atoms with Gasteiger partial charge in [-0.25, -0.2) is 9.78 Å². The van der Waals surface area contributed by atoms with E-state index in [0.717, 1.165) is 39.0 Å². The number of hydrogen-bond donors (Lipinski definition) is 0. The lowest BCUT2D eigenvalue weighted by molar-refractivity contribution is -0.164. The number of pyridine rings is 1. The minimum absolute atomic E-state index is 0.490. The van der Waals surface area contributed by atoms with Crippen LogP contribution >= 0.6 is 11.6 Å². The molecule has 0 saturated heterocycles. The first kappa shape index (κ1) is 27.4. The summed E-state index contributed by atoms with van der Waals surface area (Å²) in [6.07, 6.45) is -0.982. The molecule has 0 aliphatic carbocycles. The Morgan fingerprint density at radius 2 is 1.76 bits per heavy atom. The van der Waals surface area contributed by atoms with Crippen molar-refractivity contribution in [2.24, 2.45) is 0 Å². The fourth-order valence-corrected chi connectivity index (χ4v) is 4.97. The van der Waals surface area contributed by atoms with Crippen LogP contribution in [0, 0.1) is 32.1 Å². The van der Waals surface area contributed by atoms with E-state index in [2.05, 4.69) is 24.5 Å². The van der Waals surface area contributed by atoms with Gasteiger partial charge in [0.15, 0.2) is 6.10 Å². The van der Waals surface area contributed by atoms with Gasteiger partial charge in [-0.1, -0.05) is 41.9 Å². The van der Waals surface area contributed by atoms with Crippen molar-refractivity contribution in [2.45, 2.75) is 59.8 Å². The standard InChI is InChI=1S/C31H32ClN3O3/c1-18-20(3)35(17-23-11-9-8-10-22(23)16-33)29-25(18)27(21-12-14-24(32)15-13-21)26(19(2)34-29)28(30(36)37-7)38-31(4,5)6/h8-15,28H,17H2,1-7H3. The predicted molar refractivity (Wildman–Crippen MR) is 150 cm³/mol. The third-order valence-electron chi connectivity index (χ3n) is 6.73. The van der Waals surface area contributed by atoms with Crippen molar-refractivity contribution in [1.29, 1.82) is 5.26 Å². The molecule has 1 atom stereocenters. The molecule has 0 bridgehead atoms. The summed E-state index contributed by atoms with van der Waals surface area (Å²) >= 11 is 6.25. The third kappa shape index (κ3) is 5.18. The van der Waals surface area contributed by atoms with Crippen LogP contribution in [0.15, 0.2) is 48.5 Å². The highest BCUT2D eigenvalue weighted by Crippen LogP contribution is 2.42. The topological polar surface area (TPSA) is 77.1 Å². The van der Waals surface area contributed by atoms with E-state index in [0.29, 0.717) is 28.4 Å². The Balaban J connectivity index is 2.09. The highest BCUT2D eigenvalue weighted by molar-refractivity contribution is 6.30. The smallest absolute Gasteiger partial charge is 0.339 e. The van der Waals surface area contributed by atoms with Gasteiger partial charge >= 0.3 is 5.97 Å². The molecule has 4 aromatic rings. The second-order valence-corrected chi connectivity index (χ2v) is 10.8. The van der Waals surface area contributed by atoms with Crippen LogP contribution in [-0.2, 0) is 20.8 Å². The van der Waals surface area contributed by atoms with Gasteiger partial charge in [0.05, 0.1) is 30.9 Å². The molecule has 0 N–H and O–H groups in total. The summed E-state index contributed by atoms with van der Waals surface area (Å²) in [7, 11) is 1.36. The normalized spacial score (nSPS) is 12.4. The fourth-order valence-electron chi connectivity index (χ4n) is 4.85. The van der Waals surface area contributed by atoms with Crippen molar-refractivity contribution < 1.29 is 14.3 Å². The number of aryl methyl sites for hydroxylation is 2. The largest absolute Gasteiger partial charge is 0.467 e. The van der Waals surface area contributed by atoms with Gasteiger partial charge in [-0.15, -0.1) is 0 Å². The summed E-state index contributed by atoms with van der Waals surface area (Å²) in [6.45, 7) is 12.2. The molecule has 38 heavy (non-hydrogen) atoms. The molecule has 4 rings (SSSR count). The Bertz CT molecular complexity index is 1560. The number of nitriles is 1. The molecule has 7 heteroatoms. The van der Waals surface area contributed by atoms with E-state index < -0.39 is 17.7 Å². The van der Waals surface area contributed by atoms with Crippen molar-refractivity contribution in [3.05, 3.63) is 87.2 Å². The Labute approximate surface area is 228 Å². The van der Waals surface area contributed by atoms with Crippen molar-refractivity contribution in [2.75, 3.05) is 7.11 Å². The molecule has 0 spiro atoms. The maximum atomic E-state index is 13.2. The van der Waals surface area contributed by atoms with Crippen LogP contribution in [-0.4, -0.2) is 28.2 Å². The summed E-state index contributed by atoms with van der Waals surface area (Å²) < 4.78 is 13.7. The van der Waals surface area contributed by atoms with E-state index in [9.17, 15) is 10.1 Å². The van der Waals surface area contributed by atoms with Crippen LogP contribution in [0.5, 0.6) is 0 Å². The van der Waals surface area contributed by atoms with E-state index in [1.807, 2.05) is 76.2 Å². The molecule has 2 heterocycles. The van der Waals surface area contributed by atoms with Crippen molar-refractivity contribution in [3.63, 3.8) is 0 Å². The van der Waals surface area contributed by atoms with E-state index >= 15 is 0 Å².